The summed E-state index contributed by atoms with van der Waals surface area (Å²) in [6.07, 6.45) is 1.84. The Bertz CT molecular complexity index is 551. The average Bonchev–Trinajstić information content (AvgIpc) is 2.38. The van der Waals surface area contributed by atoms with Crippen LogP contribution in [0.5, 0.6) is 0 Å². The van der Waals surface area contributed by atoms with Crippen LogP contribution in [0.2, 0.25) is 0 Å². The van der Waals surface area contributed by atoms with Gasteiger partial charge in [-0.15, -0.1) is 0 Å². The van der Waals surface area contributed by atoms with Crippen LogP contribution >= 0.6 is 0 Å². The summed E-state index contributed by atoms with van der Waals surface area (Å²) in [5.41, 5.74) is 2.07. The lowest BCUT2D eigenvalue weighted by Gasteiger charge is -2.11. The Hall–Kier alpha value is -1.94. The fourth-order valence-electron chi connectivity index (χ4n) is 1.69. The molecule has 0 aliphatic heterocycles. The summed E-state index contributed by atoms with van der Waals surface area (Å²) in [6, 6.07) is 10.1. The van der Waals surface area contributed by atoms with Crippen LogP contribution in [-0.4, -0.2) is 36.4 Å². The predicted octanol–water partition coefficient (Wildman–Crippen LogP) is 1.41. The third-order valence-electron chi connectivity index (χ3n) is 2.75. The first kappa shape index (κ1) is 12.5. The highest BCUT2D eigenvalue weighted by Gasteiger charge is 2.03. The molecule has 0 saturated heterocycles. The first-order chi connectivity index (χ1) is 8.66. The van der Waals surface area contributed by atoms with E-state index in [-0.39, 0.29) is 5.91 Å². The molecule has 0 fully saturated rings. The molecule has 2 aromatic rings. The summed E-state index contributed by atoms with van der Waals surface area (Å²) < 4.78 is 0. The number of carbonyl (C=O) groups excluding carboxylic acids is 1. The van der Waals surface area contributed by atoms with Gasteiger partial charge in [-0.3, -0.25) is 9.78 Å². The van der Waals surface area contributed by atoms with Crippen LogP contribution in [0.15, 0.2) is 36.5 Å². The van der Waals surface area contributed by atoms with Crippen molar-refractivity contribution in [2.45, 2.75) is 6.54 Å². The van der Waals surface area contributed by atoms with Crippen molar-refractivity contribution in [3.05, 3.63) is 42.1 Å². The van der Waals surface area contributed by atoms with Gasteiger partial charge in [-0.05, 0) is 17.7 Å². The lowest BCUT2D eigenvalue weighted by molar-refractivity contribution is -0.127. The average molecular weight is 243 g/mol. The van der Waals surface area contributed by atoms with Gasteiger partial charge in [-0.1, -0.05) is 18.2 Å². The van der Waals surface area contributed by atoms with Crippen molar-refractivity contribution >= 4 is 16.8 Å². The number of carbonyl (C=O) groups is 1. The first-order valence-electron chi connectivity index (χ1n) is 5.91. The van der Waals surface area contributed by atoms with Crippen molar-refractivity contribution in [3.8, 4) is 0 Å². The highest BCUT2D eigenvalue weighted by molar-refractivity contribution is 5.79. The van der Waals surface area contributed by atoms with E-state index in [9.17, 15) is 4.79 Å². The fraction of sp³-hybridized carbons (Fsp3) is 0.286. The Kier molecular flexibility index (Phi) is 3.89. The monoisotopic (exact) mass is 243 g/mol. The molecule has 0 saturated carbocycles. The Morgan fingerprint density at radius 3 is 2.89 bits per heavy atom. The number of aromatic nitrogens is 1. The van der Waals surface area contributed by atoms with Gasteiger partial charge in [-0.2, -0.15) is 0 Å². The van der Waals surface area contributed by atoms with E-state index in [1.165, 1.54) is 0 Å². The lowest BCUT2D eigenvalue weighted by Crippen LogP contribution is -2.32. The second-order valence-corrected chi connectivity index (χ2v) is 4.43. The molecule has 0 radical (unpaired) electrons. The quantitative estimate of drug-likeness (QED) is 0.883. The Balaban J connectivity index is 1.98. The van der Waals surface area contributed by atoms with Gasteiger partial charge in [0.1, 0.15) is 0 Å². The predicted molar refractivity (Wildman–Crippen MR) is 72.1 cm³/mol. The third-order valence-corrected chi connectivity index (χ3v) is 2.75. The van der Waals surface area contributed by atoms with Crippen LogP contribution in [0.25, 0.3) is 10.9 Å². The number of nitrogens with zero attached hydrogens (tertiary/aromatic N) is 2. The molecule has 94 valence electrons. The summed E-state index contributed by atoms with van der Waals surface area (Å²) >= 11 is 0. The van der Waals surface area contributed by atoms with E-state index >= 15 is 0 Å². The largest absolute Gasteiger partial charge is 0.348 e. The van der Waals surface area contributed by atoms with Crippen molar-refractivity contribution < 1.29 is 4.79 Å². The number of likely N-dealkylation sites (N-methyl/N-ethyl adjacent to an activating group) is 1. The van der Waals surface area contributed by atoms with Crippen LogP contribution in [-0.2, 0) is 11.3 Å². The molecule has 0 unspecified atom stereocenters. The van der Waals surface area contributed by atoms with Gasteiger partial charge in [0.15, 0.2) is 0 Å². The molecular formula is C14H17N3O. The van der Waals surface area contributed by atoms with E-state index < -0.39 is 0 Å². The Morgan fingerprint density at radius 2 is 2.11 bits per heavy atom. The second kappa shape index (κ2) is 5.60. The number of pyridine rings is 1. The molecule has 1 aromatic heterocycles. The molecule has 1 aromatic carbocycles. The molecule has 1 N–H and O–H groups in total. The Labute approximate surface area is 107 Å². The van der Waals surface area contributed by atoms with Crippen LogP contribution < -0.4 is 5.32 Å². The van der Waals surface area contributed by atoms with E-state index in [0.717, 1.165) is 16.5 Å². The number of nitrogens with one attached hydrogen (secondary N) is 1. The van der Waals surface area contributed by atoms with E-state index in [0.29, 0.717) is 13.1 Å². The molecule has 0 aliphatic carbocycles. The first-order valence-corrected chi connectivity index (χ1v) is 5.91. The molecule has 18 heavy (non-hydrogen) atoms. The van der Waals surface area contributed by atoms with Gasteiger partial charge in [0.2, 0.25) is 5.91 Å². The van der Waals surface area contributed by atoms with Gasteiger partial charge < -0.3 is 10.2 Å². The van der Waals surface area contributed by atoms with E-state index in [2.05, 4.69) is 16.4 Å². The van der Waals surface area contributed by atoms with E-state index in [4.69, 9.17) is 0 Å². The molecule has 2 rings (SSSR count). The van der Waals surface area contributed by atoms with Crippen LogP contribution in [0, 0.1) is 0 Å². The Morgan fingerprint density at radius 1 is 1.33 bits per heavy atom. The summed E-state index contributed by atoms with van der Waals surface area (Å²) in [5, 5.41) is 4.24. The third kappa shape index (κ3) is 3.05. The van der Waals surface area contributed by atoms with E-state index in [1.54, 1.807) is 19.0 Å². The molecule has 1 amide bonds. The molecule has 4 heteroatoms. The topological polar surface area (TPSA) is 45.2 Å². The summed E-state index contributed by atoms with van der Waals surface area (Å²) in [4.78, 5) is 17.3. The molecule has 0 spiro atoms. The lowest BCUT2D eigenvalue weighted by atomic mass is 10.1. The minimum atomic E-state index is 0.0729. The molecule has 0 bridgehead atoms. The van der Waals surface area contributed by atoms with Gasteiger partial charge in [0.05, 0.1) is 12.1 Å². The highest BCUT2D eigenvalue weighted by Crippen LogP contribution is 2.12. The molecular weight excluding hydrogens is 226 g/mol. The molecule has 4 nitrogen and oxygen atoms in total. The minimum absolute atomic E-state index is 0.0729. The maximum absolute atomic E-state index is 11.4. The van der Waals surface area contributed by atoms with Crippen LogP contribution in [0.4, 0.5) is 0 Å². The van der Waals surface area contributed by atoms with Crippen molar-refractivity contribution in [2.75, 3.05) is 20.6 Å². The number of rotatable bonds is 4. The van der Waals surface area contributed by atoms with Crippen LogP contribution in [0.3, 0.4) is 0 Å². The van der Waals surface area contributed by atoms with Gasteiger partial charge in [-0.25, -0.2) is 0 Å². The zero-order chi connectivity index (χ0) is 13.0. The normalized spacial score (nSPS) is 10.6. The van der Waals surface area contributed by atoms with Gasteiger partial charge in [0.25, 0.3) is 0 Å². The standard InChI is InChI=1S/C14H17N3O/c1-17(2)14(18)10-15-8-11-7-12-5-3-4-6-13(12)16-9-11/h3-7,9,15H,8,10H2,1-2H3. The summed E-state index contributed by atoms with van der Waals surface area (Å²) in [5.74, 6) is 0.0729. The molecule has 1 heterocycles. The zero-order valence-corrected chi connectivity index (χ0v) is 10.7. The van der Waals surface area contributed by atoms with Gasteiger partial charge >= 0.3 is 0 Å². The number of para-hydroxylation sites is 1. The van der Waals surface area contributed by atoms with Crippen molar-refractivity contribution in [1.82, 2.24) is 15.2 Å². The summed E-state index contributed by atoms with van der Waals surface area (Å²) in [7, 11) is 3.50. The maximum Gasteiger partial charge on any atom is 0.236 e. The van der Waals surface area contributed by atoms with Crippen molar-refractivity contribution in [1.29, 1.82) is 0 Å². The number of amides is 1. The number of hydrogen-bond acceptors (Lipinski definition) is 3. The van der Waals surface area contributed by atoms with Gasteiger partial charge in [0, 0.05) is 32.2 Å². The molecule has 0 atom stereocenters. The smallest absolute Gasteiger partial charge is 0.236 e. The zero-order valence-electron chi connectivity index (χ0n) is 10.7. The number of fused-ring (bicyclic) bond motifs is 1. The minimum Gasteiger partial charge on any atom is -0.348 e. The van der Waals surface area contributed by atoms with Crippen LogP contribution in [0.1, 0.15) is 5.56 Å². The van der Waals surface area contributed by atoms with E-state index in [1.807, 2.05) is 30.5 Å². The number of hydrogen-bond donors (Lipinski definition) is 1. The molecule has 0 aliphatic rings. The summed E-state index contributed by atoms with van der Waals surface area (Å²) in [6.45, 7) is 0.997. The number of benzene rings is 1. The SMILES string of the molecule is CN(C)C(=O)CNCc1cnc2ccccc2c1. The maximum atomic E-state index is 11.4. The van der Waals surface area contributed by atoms with Crippen molar-refractivity contribution in [3.63, 3.8) is 0 Å². The second-order valence-electron chi connectivity index (χ2n) is 4.43. The van der Waals surface area contributed by atoms with Crippen molar-refractivity contribution in [2.24, 2.45) is 0 Å². The fourth-order valence-corrected chi connectivity index (χ4v) is 1.69. The highest BCUT2D eigenvalue weighted by atomic mass is 16.2.